The molecule has 0 saturated carbocycles. The van der Waals surface area contributed by atoms with Crippen molar-refractivity contribution in [3.05, 3.63) is 29.3 Å². The number of halogens is 6. The number of rotatable bonds is 2. The van der Waals surface area contributed by atoms with Crippen molar-refractivity contribution in [2.45, 2.75) is 44.5 Å². The third-order valence-corrected chi connectivity index (χ3v) is 2.82. The molecule has 0 spiro atoms. The lowest BCUT2D eigenvalue weighted by atomic mass is 9.84. The van der Waals surface area contributed by atoms with Crippen LogP contribution in [0.3, 0.4) is 0 Å². The first-order valence-corrected chi connectivity index (χ1v) is 5.70. The van der Waals surface area contributed by atoms with Crippen LogP contribution in [0.2, 0.25) is 0 Å². The summed E-state index contributed by atoms with van der Waals surface area (Å²) in [5, 5.41) is 9.58. The number of alkyl halides is 6. The summed E-state index contributed by atoms with van der Waals surface area (Å²) in [6.45, 7) is 4.84. The van der Waals surface area contributed by atoms with E-state index in [1.807, 2.05) is 0 Å². The Hall–Kier alpha value is -1.40. The highest BCUT2D eigenvalue weighted by molar-refractivity contribution is 5.41. The lowest BCUT2D eigenvalue weighted by Gasteiger charge is -2.26. The van der Waals surface area contributed by atoms with Gasteiger partial charge < -0.3 is 5.11 Å². The van der Waals surface area contributed by atoms with Crippen molar-refractivity contribution >= 4 is 0 Å². The van der Waals surface area contributed by atoms with Crippen molar-refractivity contribution in [1.29, 1.82) is 0 Å². The predicted octanol–water partition coefficient (Wildman–Crippen LogP) is 4.90. The summed E-state index contributed by atoms with van der Waals surface area (Å²) in [7, 11) is 0. The molecule has 114 valence electrons. The van der Waals surface area contributed by atoms with E-state index in [1.54, 1.807) is 20.8 Å². The van der Waals surface area contributed by atoms with Crippen molar-refractivity contribution in [2.75, 3.05) is 0 Å². The summed E-state index contributed by atoms with van der Waals surface area (Å²) in [4.78, 5) is 0. The molecule has 0 fully saturated rings. The Labute approximate surface area is 112 Å². The molecule has 0 amide bonds. The molecule has 7 heteroatoms. The van der Waals surface area contributed by atoms with Gasteiger partial charge in [0.1, 0.15) is 5.75 Å². The van der Waals surface area contributed by atoms with E-state index in [2.05, 4.69) is 0 Å². The first-order chi connectivity index (χ1) is 8.78. The van der Waals surface area contributed by atoms with Crippen molar-refractivity contribution < 1.29 is 31.4 Å². The van der Waals surface area contributed by atoms with Gasteiger partial charge in [0.05, 0.1) is 0 Å². The van der Waals surface area contributed by atoms with E-state index >= 15 is 0 Å². The average molecular weight is 300 g/mol. The standard InChI is InChI=1S/C13H14F6O/c1-11(2,3)8-6-7(4-5-9(8)20)10(14)12(15,16)13(17,18)19/h4-6,10,20H,1-3H3. The molecule has 0 aliphatic rings. The second-order valence-electron chi connectivity index (χ2n) is 5.51. The minimum atomic E-state index is -5.98. The molecule has 1 atom stereocenters. The van der Waals surface area contributed by atoms with E-state index in [1.165, 1.54) is 0 Å². The highest BCUT2D eigenvalue weighted by Crippen LogP contribution is 2.47. The van der Waals surface area contributed by atoms with Crippen LogP contribution in [-0.2, 0) is 5.41 Å². The smallest absolute Gasteiger partial charge is 0.456 e. The van der Waals surface area contributed by atoms with Gasteiger partial charge in [0.15, 0.2) is 6.17 Å². The van der Waals surface area contributed by atoms with Gasteiger partial charge in [-0.25, -0.2) is 4.39 Å². The van der Waals surface area contributed by atoms with Gasteiger partial charge in [0.25, 0.3) is 0 Å². The number of hydrogen-bond acceptors (Lipinski definition) is 1. The van der Waals surface area contributed by atoms with Crippen molar-refractivity contribution in [3.63, 3.8) is 0 Å². The lowest BCUT2D eigenvalue weighted by Crippen LogP contribution is -2.40. The van der Waals surface area contributed by atoms with Gasteiger partial charge in [-0.05, 0) is 28.7 Å². The maximum atomic E-state index is 13.6. The Bertz CT molecular complexity index is 487. The summed E-state index contributed by atoms with van der Waals surface area (Å²) >= 11 is 0. The molecule has 0 aromatic heterocycles. The van der Waals surface area contributed by atoms with Gasteiger partial charge in [0.2, 0.25) is 0 Å². The van der Waals surface area contributed by atoms with Gasteiger partial charge in [-0.3, -0.25) is 0 Å². The normalized spacial score (nSPS) is 15.2. The maximum absolute atomic E-state index is 13.6. The van der Waals surface area contributed by atoms with Gasteiger partial charge in [-0.1, -0.05) is 26.8 Å². The van der Waals surface area contributed by atoms with Crippen LogP contribution in [0, 0.1) is 0 Å². The van der Waals surface area contributed by atoms with Crippen molar-refractivity contribution in [2.24, 2.45) is 0 Å². The number of hydrogen-bond donors (Lipinski definition) is 1. The third kappa shape index (κ3) is 3.02. The second-order valence-corrected chi connectivity index (χ2v) is 5.51. The number of benzene rings is 1. The summed E-state index contributed by atoms with van der Waals surface area (Å²) in [5.74, 6) is -5.78. The van der Waals surface area contributed by atoms with Crippen LogP contribution < -0.4 is 0 Å². The molecular formula is C13H14F6O. The molecule has 20 heavy (non-hydrogen) atoms. The van der Waals surface area contributed by atoms with Crippen molar-refractivity contribution in [1.82, 2.24) is 0 Å². The molecule has 0 heterocycles. The van der Waals surface area contributed by atoms with Gasteiger partial charge in [-0.15, -0.1) is 0 Å². The summed E-state index contributed by atoms with van der Waals surface area (Å²) in [6, 6.07) is 2.46. The van der Waals surface area contributed by atoms with Crippen LogP contribution in [-0.4, -0.2) is 17.2 Å². The summed E-state index contributed by atoms with van der Waals surface area (Å²) in [5.41, 5.74) is -1.46. The first-order valence-electron chi connectivity index (χ1n) is 5.70. The van der Waals surface area contributed by atoms with Crippen LogP contribution in [0.4, 0.5) is 26.3 Å². The van der Waals surface area contributed by atoms with Crippen LogP contribution in [0.5, 0.6) is 5.75 Å². The van der Waals surface area contributed by atoms with E-state index < -0.39 is 29.2 Å². The SMILES string of the molecule is CC(C)(C)c1cc(C(F)C(F)(F)C(F)(F)F)ccc1O. The molecule has 0 aliphatic carbocycles. The quantitative estimate of drug-likeness (QED) is 0.770. The molecule has 1 N–H and O–H groups in total. The molecule has 0 aliphatic heterocycles. The van der Waals surface area contributed by atoms with E-state index in [4.69, 9.17) is 0 Å². The fourth-order valence-corrected chi connectivity index (χ4v) is 1.67. The summed E-state index contributed by atoms with van der Waals surface area (Å²) < 4.78 is 75.9. The van der Waals surface area contributed by atoms with Crippen LogP contribution in [0.1, 0.15) is 38.1 Å². The van der Waals surface area contributed by atoms with Gasteiger partial charge >= 0.3 is 12.1 Å². The Morgan fingerprint density at radius 2 is 1.50 bits per heavy atom. The largest absolute Gasteiger partial charge is 0.508 e. The topological polar surface area (TPSA) is 20.2 Å². The zero-order chi connectivity index (χ0) is 15.9. The molecule has 0 radical (unpaired) electrons. The van der Waals surface area contributed by atoms with Crippen LogP contribution >= 0.6 is 0 Å². The maximum Gasteiger partial charge on any atom is 0.456 e. The fourth-order valence-electron chi connectivity index (χ4n) is 1.67. The molecule has 1 rings (SSSR count). The highest BCUT2D eigenvalue weighted by Gasteiger charge is 2.63. The summed E-state index contributed by atoms with van der Waals surface area (Å²) in [6.07, 6.45) is -9.50. The van der Waals surface area contributed by atoms with Crippen LogP contribution in [0.25, 0.3) is 0 Å². The molecule has 0 saturated heterocycles. The monoisotopic (exact) mass is 300 g/mol. The predicted molar refractivity (Wildman–Crippen MR) is 61.7 cm³/mol. The lowest BCUT2D eigenvalue weighted by molar-refractivity contribution is -0.305. The number of phenols is 1. The van der Waals surface area contributed by atoms with Crippen LogP contribution in [0.15, 0.2) is 18.2 Å². The zero-order valence-corrected chi connectivity index (χ0v) is 11.0. The molecule has 1 nitrogen and oxygen atoms in total. The average Bonchev–Trinajstić information content (AvgIpc) is 2.25. The van der Waals surface area contributed by atoms with E-state index in [-0.39, 0.29) is 11.3 Å². The first kappa shape index (κ1) is 16.7. The second kappa shape index (κ2) is 4.86. The number of phenolic OH excluding ortho intramolecular Hbond substituents is 1. The Morgan fingerprint density at radius 3 is 1.90 bits per heavy atom. The highest BCUT2D eigenvalue weighted by atomic mass is 19.4. The van der Waals surface area contributed by atoms with E-state index in [0.29, 0.717) is 0 Å². The molecule has 1 unspecified atom stereocenters. The van der Waals surface area contributed by atoms with Gasteiger partial charge in [0, 0.05) is 0 Å². The van der Waals surface area contributed by atoms with E-state index in [9.17, 15) is 31.4 Å². The Balaban J connectivity index is 3.29. The molecular weight excluding hydrogens is 286 g/mol. The third-order valence-electron chi connectivity index (χ3n) is 2.82. The molecule has 1 aromatic rings. The minimum Gasteiger partial charge on any atom is -0.508 e. The molecule has 1 aromatic carbocycles. The number of aromatic hydroxyl groups is 1. The Morgan fingerprint density at radius 1 is 1.00 bits per heavy atom. The van der Waals surface area contributed by atoms with Crippen molar-refractivity contribution in [3.8, 4) is 5.75 Å². The zero-order valence-electron chi connectivity index (χ0n) is 11.0. The van der Waals surface area contributed by atoms with Gasteiger partial charge in [-0.2, -0.15) is 22.0 Å². The molecule has 0 bridgehead atoms. The fraction of sp³-hybridized carbons (Fsp3) is 0.538. The minimum absolute atomic E-state index is 0.0932. The Kier molecular flexibility index (Phi) is 4.04. The van der Waals surface area contributed by atoms with E-state index in [0.717, 1.165) is 18.2 Å².